The summed E-state index contributed by atoms with van der Waals surface area (Å²) in [4.78, 5) is 10.5. The standard InChI is InChI=1S/C7H10O3/c1-3-6(8)5-7(9)10-4-2/h3,5,8H,1,4H2,2H3/b6-5-. The second kappa shape index (κ2) is 4.61. The van der Waals surface area contributed by atoms with Gasteiger partial charge in [0, 0.05) is 0 Å². The Morgan fingerprint density at radius 1 is 1.80 bits per heavy atom. The molecule has 0 saturated carbocycles. The van der Waals surface area contributed by atoms with Crippen molar-refractivity contribution >= 4 is 5.97 Å². The quantitative estimate of drug-likeness (QED) is 0.278. The highest BCUT2D eigenvalue weighted by Gasteiger charge is 1.95. The molecule has 0 amide bonds. The topological polar surface area (TPSA) is 46.5 Å². The van der Waals surface area contributed by atoms with Crippen molar-refractivity contribution in [3.05, 3.63) is 24.5 Å². The van der Waals surface area contributed by atoms with Gasteiger partial charge < -0.3 is 9.84 Å². The average molecular weight is 142 g/mol. The largest absolute Gasteiger partial charge is 0.508 e. The van der Waals surface area contributed by atoms with Crippen LogP contribution in [-0.4, -0.2) is 17.7 Å². The van der Waals surface area contributed by atoms with Gasteiger partial charge in [-0.15, -0.1) is 0 Å². The number of carbonyl (C=O) groups excluding carboxylic acids is 1. The van der Waals surface area contributed by atoms with Crippen molar-refractivity contribution in [2.75, 3.05) is 6.61 Å². The van der Waals surface area contributed by atoms with E-state index in [1.54, 1.807) is 6.92 Å². The summed E-state index contributed by atoms with van der Waals surface area (Å²) in [6, 6.07) is 0. The normalized spacial score (nSPS) is 10.7. The third-order valence-electron chi connectivity index (χ3n) is 0.761. The van der Waals surface area contributed by atoms with E-state index in [1.165, 1.54) is 0 Å². The molecule has 0 heterocycles. The first-order valence-corrected chi connectivity index (χ1v) is 2.90. The average Bonchev–Trinajstić information content (AvgIpc) is 1.88. The molecule has 0 aromatic rings. The van der Waals surface area contributed by atoms with E-state index < -0.39 is 5.97 Å². The van der Waals surface area contributed by atoms with E-state index in [9.17, 15) is 4.79 Å². The van der Waals surface area contributed by atoms with Crippen LogP contribution in [0.3, 0.4) is 0 Å². The molecule has 3 heteroatoms. The molecular weight excluding hydrogens is 132 g/mol. The second-order valence-electron chi connectivity index (χ2n) is 1.53. The van der Waals surface area contributed by atoms with Gasteiger partial charge in [-0.2, -0.15) is 0 Å². The molecule has 0 rings (SSSR count). The molecule has 1 N–H and O–H groups in total. The monoisotopic (exact) mass is 142 g/mol. The second-order valence-corrected chi connectivity index (χ2v) is 1.53. The van der Waals surface area contributed by atoms with E-state index in [1.807, 2.05) is 0 Å². The highest BCUT2D eigenvalue weighted by molar-refractivity contribution is 5.82. The minimum absolute atomic E-state index is 0.182. The van der Waals surface area contributed by atoms with Gasteiger partial charge >= 0.3 is 5.97 Å². The lowest BCUT2D eigenvalue weighted by molar-refractivity contribution is -0.137. The van der Waals surface area contributed by atoms with Gasteiger partial charge in [0.1, 0.15) is 5.76 Å². The predicted molar refractivity (Wildman–Crippen MR) is 37.5 cm³/mol. The summed E-state index contributed by atoms with van der Waals surface area (Å²) < 4.78 is 4.49. The van der Waals surface area contributed by atoms with E-state index in [4.69, 9.17) is 5.11 Å². The fourth-order valence-corrected chi connectivity index (χ4v) is 0.364. The fourth-order valence-electron chi connectivity index (χ4n) is 0.364. The molecular formula is C7H10O3. The Labute approximate surface area is 59.6 Å². The first kappa shape index (κ1) is 8.75. The van der Waals surface area contributed by atoms with E-state index >= 15 is 0 Å². The summed E-state index contributed by atoms with van der Waals surface area (Å²) in [6.45, 7) is 5.24. The zero-order chi connectivity index (χ0) is 7.98. The summed E-state index contributed by atoms with van der Waals surface area (Å²) in [5.74, 6) is -0.738. The van der Waals surface area contributed by atoms with Crippen LogP contribution in [0.15, 0.2) is 24.5 Å². The molecule has 0 bridgehead atoms. The SMILES string of the molecule is C=C/C(O)=C/C(=O)OCC. The number of aliphatic hydroxyl groups excluding tert-OH is 1. The molecule has 56 valence electrons. The van der Waals surface area contributed by atoms with Crippen LogP contribution >= 0.6 is 0 Å². The maximum absolute atomic E-state index is 10.5. The van der Waals surface area contributed by atoms with Gasteiger partial charge in [-0.3, -0.25) is 0 Å². The van der Waals surface area contributed by atoms with Crippen molar-refractivity contribution in [3.8, 4) is 0 Å². The van der Waals surface area contributed by atoms with Crippen LogP contribution in [-0.2, 0) is 9.53 Å². The van der Waals surface area contributed by atoms with Gasteiger partial charge in [-0.25, -0.2) is 4.79 Å². The maximum Gasteiger partial charge on any atom is 0.334 e. The van der Waals surface area contributed by atoms with Gasteiger partial charge in [-0.1, -0.05) is 6.58 Å². The van der Waals surface area contributed by atoms with E-state index in [-0.39, 0.29) is 5.76 Å². The van der Waals surface area contributed by atoms with E-state index in [0.717, 1.165) is 12.2 Å². The number of allylic oxidation sites excluding steroid dienone is 1. The Balaban J connectivity index is 3.86. The van der Waals surface area contributed by atoms with Crippen LogP contribution in [0, 0.1) is 0 Å². The molecule has 0 aliphatic heterocycles. The minimum Gasteiger partial charge on any atom is -0.508 e. The lowest BCUT2D eigenvalue weighted by Crippen LogP contribution is -2.00. The van der Waals surface area contributed by atoms with Crippen molar-refractivity contribution in [2.45, 2.75) is 6.92 Å². The molecule has 0 radical (unpaired) electrons. The van der Waals surface area contributed by atoms with Crippen LogP contribution in [0.25, 0.3) is 0 Å². The number of carbonyl (C=O) groups is 1. The number of hydrogen-bond acceptors (Lipinski definition) is 3. The van der Waals surface area contributed by atoms with Gasteiger partial charge in [0.25, 0.3) is 0 Å². The third kappa shape index (κ3) is 3.72. The highest BCUT2D eigenvalue weighted by Crippen LogP contribution is 1.89. The summed E-state index contributed by atoms with van der Waals surface area (Å²) in [6.07, 6.45) is 2.13. The van der Waals surface area contributed by atoms with Gasteiger partial charge in [0.15, 0.2) is 0 Å². The Bertz CT molecular complexity index is 158. The summed E-state index contributed by atoms with van der Waals surface area (Å²) in [7, 11) is 0. The summed E-state index contributed by atoms with van der Waals surface area (Å²) in [5, 5.41) is 8.70. The number of ether oxygens (including phenoxy) is 1. The van der Waals surface area contributed by atoms with Crippen LogP contribution in [0.5, 0.6) is 0 Å². The highest BCUT2D eigenvalue weighted by atomic mass is 16.5. The minimum atomic E-state index is -0.556. The number of rotatable bonds is 3. The summed E-state index contributed by atoms with van der Waals surface area (Å²) >= 11 is 0. The van der Waals surface area contributed by atoms with Crippen molar-refractivity contribution in [1.82, 2.24) is 0 Å². The van der Waals surface area contributed by atoms with Crippen LogP contribution < -0.4 is 0 Å². The number of esters is 1. The van der Waals surface area contributed by atoms with Gasteiger partial charge in [0.2, 0.25) is 0 Å². The molecule has 0 fully saturated rings. The molecule has 0 unspecified atom stereocenters. The lowest BCUT2D eigenvalue weighted by atomic mass is 10.4. The predicted octanol–water partition coefficient (Wildman–Crippen LogP) is 1.18. The lowest BCUT2D eigenvalue weighted by Gasteiger charge is -1.94. The van der Waals surface area contributed by atoms with Crippen molar-refractivity contribution in [3.63, 3.8) is 0 Å². The van der Waals surface area contributed by atoms with Gasteiger partial charge in [0.05, 0.1) is 12.7 Å². The molecule has 3 nitrogen and oxygen atoms in total. The molecule has 0 aliphatic carbocycles. The molecule has 10 heavy (non-hydrogen) atoms. The van der Waals surface area contributed by atoms with Crippen LogP contribution in [0.2, 0.25) is 0 Å². The first-order chi connectivity index (χ1) is 4.70. The van der Waals surface area contributed by atoms with E-state index in [2.05, 4.69) is 11.3 Å². The molecule has 0 aromatic carbocycles. The Morgan fingerprint density at radius 2 is 2.40 bits per heavy atom. The zero-order valence-corrected chi connectivity index (χ0v) is 5.83. The number of hydrogen-bond donors (Lipinski definition) is 1. The first-order valence-electron chi connectivity index (χ1n) is 2.90. The maximum atomic E-state index is 10.5. The Morgan fingerprint density at radius 3 is 2.80 bits per heavy atom. The molecule has 0 atom stereocenters. The third-order valence-corrected chi connectivity index (χ3v) is 0.761. The van der Waals surface area contributed by atoms with Crippen molar-refractivity contribution < 1.29 is 14.6 Å². The Kier molecular flexibility index (Phi) is 4.04. The molecule has 0 aliphatic rings. The molecule has 0 saturated heterocycles. The molecule has 0 spiro atoms. The van der Waals surface area contributed by atoms with Crippen LogP contribution in [0.1, 0.15) is 6.92 Å². The Hall–Kier alpha value is -1.25. The van der Waals surface area contributed by atoms with Crippen LogP contribution in [0.4, 0.5) is 0 Å². The van der Waals surface area contributed by atoms with Gasteiger partial charge in [-0.05, 0) is 13.0 Å². The fraction of sp³-hybridized carbons (Fsp3) is 0.286. The molecule has 0 aromatic heterocycles. The van der Waals surface area contributed by atoms with E-state index in [0.29, 0.717) is 6.61 Å². The smallest absolute Gasteiger partial charge is 0.334 e. The summed E-state index contributed by atoms with van der Waals surface area (Å²) in [5.41, 5.74) is 0. The van der Waals surface area contributed by atoms with Crippen molar-refractivity contribution in [2.24, 2.45) is 0 Å². The van der Waals surface area contributed by atoms with Crippen molar-refractivity contribution in [1.29, 1.82) is 0 Å². The zero-order valence-electron chi connectivity index (χ0n) is 5.83. The number of aliphatic hydroxyl groups is 1.